The molecule has 84 valence electrons. The van der Waals surface area contributed by atoms with Gasteiger partial charge in [-0.1, -0.05) is 11.6 Å². The fraction of sp³-hybridized carbons (Fsp3) is 0.429. The van der Waals surface area contributed by atoms with Crippen LogP contribution >= 0.6 is 0 Å². The van der Waals surface area contributed by atoms with Gasteiger partial charge in [0.15, 0.2) is 0 Å². The predicted octanol–water partition coefficient (Wildman–Crippen LogP) is 2.85. The number of aryl methyl sites for hydroxylation is 2. The third-order valence-corrected chi connectivity index (χ3v) is 3.77. The van der Waals surface area contributed by atoms with Crippen molar-refractivity contribution in [1.82, 2.24) is 4.98 Å². The van der Waals surface area contributed by atoms with E-state index in [4.69, 9.17) is 5.73 Å². The molecule has 0 fully saturated rings. The molecule has 0 radical (unpaired) electrons. The molecule has 1 aromatic carbocycles. The van der Waals surface area contributed by atoms with E-state index in [9.17, 15) is 0 Å². The maximum absolute atomic E-state index is 5.85. The SMILES string of the molecule is Cc1ccc2[nH]c3c(c2c1)CCC[C@H]3CN. The highest BCUT2D eigenvalue weighted by Crippen LogP contribution is 2.35. The van der Waals surface area contributed by atoms with Crippen LogP contribution in [-0.2, 0) is 6.42 Å². The van der Waals surface area contributed by atoms with E-state index in [1.54, 1.807) is 0 Å². The average molecular weight is 214 g/mol. The minimum Gasteiger partial charge on any atom is -0.358 e. The molecule has 0 unspecified atom stereocenters. The summed E-state index contributed by atoms with van der Waals surface area (Å²) in [4.78, 5) is 3.56. The Hall–Kier alpha value is -1.28. The molecular formula is C14H18N2. The topological polar surface area (TPSA) is 41.8 Å². The summed E-state index contributed by atoms with van der Waals surface area (Å²) in [7, 11) is 0. The van der Waals surface area contributed by atoms with E-state index in [-0.39, 0.29) is 0 Å². The molecule has 16 heavy (non-hydrogen) atoms. The molecule has 3 rings (SSSR count). The largest absolute Gasteiger partial charge is 0.358 e. The first kappa shape index (κ1) is 9.91. The summed E-state index contributed by atoms with van der Waals surface area (Å²) in [5, 5.41) is 1.41. The molecule has 3 N–H and O–H groups in total. The molecule has 0 bridgehead atoms. The second-order valence-electron chi connectivity index (χ2n) is 4.89. The van der Waals surface area contributed by atoms with E-state index in [1.807, 2.05) is 0 Å². The molecule has 1 aromatic heterocycles. The van der Waals surface area contributed by atoms with Gasteiger partial charge in [-0.25, -0.2) is 0 Å². The van der Waals surface area contributed by atoms with Gasteiger partial charge in [0.2, 0.25) is 0 Å². The van der Waals surface area contributed by atoms with Gasteiger partial charge in [0.25, 0.3) is 0 Å². The Labute approximate surface area is 95.8 Å². The summed E-state index contributed by atoms with van der Waals surface area (Å²) in [6.07, 6.45) is 3.71. The fourth-order valence-electron chi connectivity index (χ4n) is 2.91. The third-order valence-electron chi connectivity index (χ3n) is 3.77. The molecule has 2 nitrogen and oxygen atoms in total. The quantitative estimate of drug-likeness (QED) is 0.753. The van der Waals surface area contributed by atoms with Crippen LogP contribution in [0.25, 0.3) is 10.9 Å². The lowest BCUT2D eigenvalue weighted by Crippen LogP contribution is -2.17. The predicted molar refractivity (Wildman–Crippen MR) is 67.8 cm³/mol. The molecule has 0 amide bonds. The highest BCUT2D eigenvalue weighted by molar-refractivity contribution is 5.85. The Balaban J connectivity index is 2.24. The van der Waals surface area contributed by atoms with Crippen molar-refractivity contribution in [3.63, 3.8) is 0 Å². The number of benzene rings is 1. The Morgan fingerprint density at radius 3 is 3.12 bits per heavy atom. The number of nitrogens with two attached hydrogens (primary N) is 1. The Morgan fingerprint density at radius 1 is 1.44 bits per heavy atom. The van der Waals surface area contributed by atoms with E-state index in [2.05, 4.69) is 30.1 Å². The molecule has 2 aromatic rings. The van der Waals surface area contributed by atoms with Gasteiger partial charge in [0, 0.05) is 29.1 Å². The van der Waals surface area contributed by atoms with E-state index < -0.39 is 0 Å². The third kappa shape index (κ3) is 1.37. The fourth-order valence-corrected chi connectivity index (χ4v) is 2.91. The van der Waals surface area contributed by atoms with Gasteiger partial charge < -0.3 is 10.7 Å². The van der Waals surface area contributed by atoms with Crippen molar-refractivity contribution >= 4 is 10.9 Å². The minimum atomic E-state index is 0.538. The molecule has 1 aliphatic carbocycles. The number of H-pyrrole nitrogens is 1. The number of nitrogens with one attached hydrogen (secondary N) is 1. The highest BCUT2D eigenvalue weighted by atomic mass is 14.8. The van der Waals surface area contributed by atoms with Gasteiger partial charge in [-0.3, -0.25) is 0 Å². The second kappa shape index (κ2) is 3.63. The van der Waals surface area contributed by atoms with Gasteiger partial charge >= 0.3 is 0 Å². The van der Waals surface area contributed by atoms with Crippen LogP contribution < -0.4 is 5.73 Å². The lowest BCUT2D eigenvalue weighted by Gasteiger charge is -2.20. The van der Waals surface area contributed by atoms with Gasteiger partial charge in [-0.05, 0) is 43.9 Å². The normalized spacial score (nSPS) is 20.0. The zero-order valence-corrected chi connectivity index (χ0v) is 9.72. The van der Waals surface area contributed by atoms with E-state index >= 15 is 0 Å². The first-order valence-electron chi connectivity index (χ1n) is 6.11. The van der Waals surface area contributed by atoms with Crippen molar-refractivity contribution in [2.75, 3.05) is 6.54 Å². The first-order valence-corrected chi connectivity index (χ1v) is 6.11. The number of rotatable bonds is 1. The van der Waals surface area contributed by atoms with Crippen molar-refractivity contribution in [2.24, 2.45) is 5.73 Å². The monoisotopic (exact) mass is 214 g/mol. The number of hydrogen-bond donors (Lipinski definition) is 2. The maximum atomic E-state index is 5.85. The van der Waals surface area contributed by atoms with Crippen LogP contribution in [0.5, 0.6) is 0 Å². The van der Waals surface area contributed by atoms with Crippen LogP contribution in [0.3, 0.4) is 0 Å². The first-order chi connectivity index (χ1) is 7.79. The molecule has 0 saturated carbocycles. The van der Waals surface area contributed by atoms with Gasteiger partial charge in [0.1, 0.15) is 0 Å². The highest BCUT2D eigenvalue weighted by Gasteiger charge is 2.22. The second-order valence-corrected chi connectivity index (χ2v) is 4.89. The number of aromatic amines is 1. The zero-order chi connectivity index (χ0) is 11.1. The summed E-state index contributed by atoms with van der Waals surface area (Å²) < 4.78 is 0. The lowest BCUT2D eigenvalue weighted by molar-refractivity contribution is 0.553. The standard InChI is InChI=1S/C14H18N2/c1-9-5-6-13-12(7-9)11-4-2-3-10(8-15)14(11)16-13/h5-7,10,16H,2-4,8,15H2,1H3/t10-/m0/s1. The van der Waals surface area contributed by atoms with Crippen molar-refractivity contribution in [1.29, 1.82) is 0 Å². The van der Waals surface area contributed by atoms with Crippen molar-refractivity contribution in [3.05, 3.63) is 35.0 Å². The summed E-state index contributed by atoms with van der Waals surface area (Å²) >= 11 is 0. The smallest absolute Gasteiger partial charge is 0.0459 e. The van der Waals surface area contributed by atoms with Crippen LogP contribution in [0.2, 0.25) is 0 Å². The van der Waals surface area contributed by atoms with Crippen LogP contribution in [0.1, 0.15) is 35.6 Å². The van der Waals surface area contributed by atoms with E-state index in [0.29, 0.717) is 5.92 Å². The molecule has 1 atom stereocenters. The Bertz CT molecular complexity index is 525. The molecular weight excluding hydrogens is 196 g/mol. The van der Waals surface area contributed by atoms with Gasteiger partial charge in [-0.2, -0.15) is 0 Å². The Morgan fingerprint density at radius 2 is 2.31 bits per heavy atom. The summed E-state index contributed by atoms with van der Waals surface area (Å²) in [6.45, 7) is 2.92. The van der Waals surface area contributed by atoms with Gasteiger partial charge in [-0.15, -0.1) is 0 Å². The number of aromatic nitrogens is 1. The Kier molecular flexibility index (Phi) is 2.25. The minimum absolute atomic E-state index is 0.538. The molecule has 0 aliphatic heterocycles. The maximum Gasteiger partial charge on any atom is 0.0459 e. The summed E-state index contributed by atoms with van der Waals surface area (Å²) in [5.41, 5.74) is 11.4. The molecule has 1 heterocycles. The molecule has 0 spiro atoms. The van der Waals surface area contributed by atoms with Gasteiger partial charge in [0.05, 0.1) is 0 Å². The average Bonchev–Trinajstić information content (AvgIpc) is 2.67. The lowest BCUT2D eigenvalue weighted by atomic mass is 9.87. The molecule has 1 aliphatic rings. The summed E-state index contributed by atoms with van der Waals surface area (Å²) in [6, 6.07) is 6.65. The molecule has 2 heteroatoms. The summed E-state index contributed by atoms with van der Waals surface area (Å²) in [5.74, 6) is 0.538. The van der Waals surface area contributed by atoms with Crippen LogP contribution in [0.15, 0.2) is 18.2 Å². The van der Waals surface area contributed by atoms with Crippen LogP contribution in [0.4, 0.5) is 0 Å². The van der Waals surface area contributed by atoms with Crippen LogP contribution in [0, 0.1) is 6.92 Å². The molecule has 0 saturated heterocycles. The van der Waals surface area contributed by atoms with E-state index in [1.165, 1.54) is 47.0 Å². The zero-order valence-electron chi connectivity index (χ0n) is 9.72. The van der Waals surface area contributed by atoms with Crippen LogP contribution in [-0.4, -0.2) is 11.5 Å². The number of hydrogen-bond acceptors (Lipinski definition) is 1. The van der Waals surface area contributed by atoms with Crippen molar-refractivity contribution in [2.45, 2.75) is 32.1 Å². The number of fused-ring (bicyclic) bond motifs is 3. The van der Waals surface area contributed by atoms with Crippen molar-refractivity contribution < 1.29 is 0 Å². The van der Waals surface area contributed by atoms with E-state index in [0.717, 1.165) is 6.54 Å². The van der Waals surface area contributed by atoms with Crippen molar-refractivity contribution in [3.8, 4) is 0 Å².